The number of rotatable bonds is 1. The normalized spacial score (nSPS) is 21.8. The van der Waals surface area contributed by atoms with Crippen LogP contribution in [0.5, 0.6) is 0 Å². The van der Waals surface area contributed by atoms with Crippen molar-refractivity contribution in [3.05, 3.63) is 48.1 Å². The molecule has 2 heterocycles. The first kappa shape index (κ1) is 8.45. The van der Waals surface area contributed by atoms with Crippen LogP contribution in [0.2, 0.25) is 0 Å². The lowest BCUT2D eigenvalue weighted by atomic mass is 10.0. The molecule has 68 valence electrons. The van der Waals surface area contributed by atoms with Crippen LogP contribution in [0.15, 0.2) is 46.7 Å². The van der Waals surface area contributed by atoms with Gasteiger partial charge in [0.05, 0.1) is 6.26 Å². The molecule has 0 amide bonds. The number of hydrogen-bond donors (Lipinski definition) is 0. The van der Waals surface area contributed by atoms with Gasteiger partial charge in [-0.3, -0.25) is 4.42 Å². The molecule has 2 rings (SSSR count). The highest BCUT2D eigenvalue weighted by Gasteiger charge is 2.22. The third-order valence-electron chi connectivity index (χ3n) is 2.08. The lowest BCUT2D eigenvalue weighted by Gasteiger charge is -2.25. The number of hydrogen-bond acceptors (Lipinski definition) is 2. The molecule has 0 spiro atoms. The Balaban J connectivity index is 2.33. The van der Waals surface area contributed by atoms with Gasteiger partial charge in [0.2, 0.25) is 0 Å². The Morgan fingerprint density at radius 3 is 3.00 bits per heavy atom. The summed E-state index contributed by atoms with van der Waals surface area (Å²) in [5.41, 5.74) is 1.17. The zero-order valence-electron chi connectivity index (χ0n) is 7.27. The molecular weight excluding hydrogens is 186 g/mol. The summed E-state index contributed by atoms with van der Waals surface area (Å²) >= 11 is 6.01. The molecule has 1 aliphatic heterocycles. The second-order valence-corrected chi connectivity index (χ2v) is 3.40. The summed E-state index contributed by atoms with van der Waals surface area (Å²) in [7, 11) is 0. The first-order valence-electron chi connectivity index (χ1n) is 4.11. The van der Waals surface area contributed by atoms with Crippen LogP contribution in [0.4, 0.5) is 0 Å². The van der Waals surface area contributed by atoms with Crippen molar-refractivity contribution in [2.24, 2.45) is 0 Å². The van der Waals surface area contributed by atoms with Crippen molar-refractivity contribution < 1.29 is 4.42 Å². The van der Waals surface area contributed by atoms with Gasteiger partial charge in [0.15, 0.2) is 0 Å². The maximum atomic E-state index is 6.01. The van der Waals surface area contributed by atoms with Crippen molar-refractivity contribution in [3.8, 4) is 0 Å². The molecule has 1 aliphatic rings. The van der Waals surface area contributed by atoms with Gasteiger partial charge in [0.1, 0.15) is 11.8 Å². The summed E-state index contributed by atoms with van der Waals surface area (Å²) in [4.78, 5) is 0. The van der Waals surface area contributed by atoms with Crippen molar-refractivity contribution in [2.45, 2.75) is 13.0 Å². The minimum absolute atomic E-state index is 0.0293. The van der Waals surface area contributed by atoms with E-state index < -0.39 is 0 Å². The fourth-order valence-corrected chi connectivity index (χ4v) is 1.76. The van der Waals surface area contributed by atoms with E-state index >= 15 is 0 Å². The van der Waals surface area contributed by atoms with E-state index in [2.05, 4.69) is 0 Å². The average molecular weight is 196 g/mol. The summed E-state index contributed by atoms with van der Waals surface area (Å²) in [6.45, 7) is 2.03. The van der Waals surface area contributed by atoms with E-state index in [1.54, 1.807) is 10.7 Å². The maximum absolute atomic E-state index is 6.01. The summed E-state index contributed by atoms with van der Waals surface area (Å²) < 4.78 is 6.93. The van der Waals surface area contributed by atoms with Gasteiger partial charge < -0.3 is 4.42 Å². The quantitative estimate of drug-likeness (QED) is 0.640. The Morgan fingerprint density at radius 1 is 1.54 bits per heavy atom. The molecule has 0 N–H and O–H groups in total. The smallest absolute Gasteiger partial charge is 0.131 e. The van der Waals surface area contributed by atoms with Crippen LogP contribution in [0.1, 0.15) is 18.7 Å². The van der Waals surface area contributed by atoms with E-state index in [0.29, 0.717) is 0 Å². The fraction of sp³-hybridized carbons (Fsp3) is 0.200. The van der Waals surface area contributed by atoms with Crippen LogP contribution in [-0.4, -0.2) is 4.42 Å². The first-order valence-corrected chi connectivity index (χ1v) is 4.45. The molecule has 2 nitrogen and oxygen atoms in total. The van der Waals surface area contributed by atoms with Gasteiger partial charge in [0, 0.05) is 18.0 Å². The Morgan fingerprint density at radius 2 is 2.38 bits per heavy atom. The lowest BCUT2D eigenvalue weighted by molar-refractivity contribution is 0.391. The number of furan rings is 1. The zero-order valence-corrected chi connectivity index (χ0v) is 8.03. The van der Waals surface area contributed by atoms with Gasteiger partial charge in [-0.1, -0.05) is 6.08 Å². The number of allylic oxidation sites excluding steroid dienone is 2. The topological polar surface area (TPSA) is 16.4 Å². The molecule has 1 aromatic heterocycles. The summed E-state index contributed by atoms with van der Waals surface area (Å²) in [6, 6.07) is 3.82. The summed E-state index contributed by atoms with van der Waals surface area (Å²) in [6.07, 6.45) is 7.43. The van der Waals surface area contributed by atoms with E-state index in [9.17, 15) is 0 Å². The third-order valence-corrected chi connectivity index (χ3v) is 2.39. The van der Waals surface area contributed by atoms with Crippen molar-refractivity contribution in [1.82, 2.24) is 4.42 Å². The average Bonchev–Trinajstić information content (AvgIpc) is 2.57. The molecule has 0 fully saturated rings. The molecule has 0 aromatic carbocycles. The maximum Gasteiger partial charge on any atom is 0.131 e. The second-order valence-electron chi connectivity index (χ2n) is 3.01. The highest BCUT2D eigenvalue weighted by atomic mass is 35.5. The Hall–Kier alpha value is -1.15. The standard InChI is InChI=1S/C10H10ClNO/c1-8-4-2-6-12(11)10(8)9-5-3-7-13-9/h2-7,10H,1H3. The Bertz CT molecular complexity index is 340. The SMILES string of the molecule is CC1=CC=CN(Cl)C1c1ccco1. The largest absolute Gasteiger partial charge is 0.467 e. The first-order chi connectivity index (χ1) is 6.29. The number of halogens is 1. The Labute approximate surface area is 82.2 Å². The molecule has 0 saturated heterocycles. The predicted octanol–water partition coefficient (Wildman–Crippen LogP) is 3.25. The third kappa shape index (κ3) is 1.49. The minimum atomic E-state index is 0.0293. The molecule has 0 bridgehead atoms. The minimum Gasteiger partial charge on any atom is -0.467 e. The van der Waals surface area contributed by atoms with Crippen molar-refractivity contribution in [3.63, 3.8) is 0 Å². The van der Waals surface area contributed by atoms with Crippen LogP contribution < -0.4 is 0 Å². The Kier molecular flexibility index (Phi) is 2.15. The molecule has 13 heavy (non-hydrogen) atoms. The second kappa shape index (κ2) is 3.30. The molecule has 0 saturated carbocycles. The lowest BCUT2D eigenvalue weighted by Crippen LogP contribution is -2.16. The van der Waals surface area contributed by atoms with Gasteiger partial charge >= 0.3 is 0 Å². The molecule has 0 radical (unpaired) electrons. The van der Waals surface area contributed by atoms with Gasteiger partial charge in [-0.2, -0.15) is 0 Å². The van der Waals surface area contributed by atoms with E-state index in [0.717, 1.165) is 5.76 Å². The van der Waals surface area contributed by atoms with Crippen molar-refractivity contribution in [2.75, 3.05) is 0 Å². The van der Waals surface area contributed by atoms with Crippen LogP contribution in [-0.2, 0) is 0 Å². The van der Waals surface area contributed by atoms with Crippen LogP contribution in [0.25, 0.3) is 0 Å². The van der Waals surface area contributed by atoms with Gasteiger partial charge in [0.25, 0.3) is 0 Å². The van der Waals surface area contributed by atoms with Crippen LogP contribution in [0, 0.1) is 0 Å². The predicted molar refractivity (Wildman–Crippen MR) is 52.0 cm³/mol. The number of nitrogens with zero attached hydrogens (tertiary/aromatic N) is 1. The monoisotopic (exact) mass is 195 g/mol. The van der Waals surface area contributed by atoms with Crippen molar-refractivity contribution in [1.29, 1.82) is 0 Å². The molecule has 0 aliphatic carbocycles. The van der Waals surface area contributed by atoms with E-state index in [4.69, 9.17) is 16.2 Å². The van der Waals surface area contributed by atoms with Gasteiger partial charge in [-0.05, 0) is 30.7 Å². The van der Waals surface area contributed by atoms with E-state index in [1.807, 2.05) is 37.4 Å². The summed E-state index contributed by atoms with van der Waals surface area (Å²) in [5.74, 6) is 0.869. The van der Waals surface area contributed by atoms with Crippen LogP contribution in [0.3, 0.4) is 0 Å². The molecule has 1 aromatic rings. The molecule has 1 unspecified atom stereocenters. The zero-order chi connectivity index (χ0) is 9.26. The molecule has 1 atom stereocenters. The van der Waals surface area contributed by atoms with Crippen LogP contribution >= 0.6 is 11.8 Å². The highest BCUT2D eigenvalue weighted by Crippen LogP contribution is 2.32. The van der Waals surface area contributed by atoms with Gasteiger partial charge in [-0.15, -0.1) is 0 Å². The summed E-state index contributed by atoms with van der Waals surface area (Å²) in [5, 5.41) is 0. The highest BCUT2D eigenvalue weighted by molar-refractivity contribution is 6.14. The fourth-order valence-electron chi connectivity index (χ4n) is 1.44. The van der Waals surface area contributed by atoms with E-state index in [1.165, 1.54) is 5.57 Å². The van der Waals surface area contributed by atoms with Crippen molar-refractivity contribution >= 4 is 11.8 Å². The van der Waals surface area contributed by atoms with Gasteiger partial charge in [-0.25, -0.2) is 0 Å². The molecular formula is C10H10ClNO. The van der Waals surface area contributed by atoms with E-state index in [-0.39, 0.29) is 6.04 Å². The molecule has 3 heteroatoms.